The van der Waals surface area contributed by atoms with Crippen LogP contribution in [0.2, 0.25) is 5.02 Å². The van der Waals surface area contributed by atoms with Gasteiger partial charge in [0.15, 0.2) is 0 Å². The van der Waals surface area contributed by atoms with E-state index in [2.05, 4.69) is 17.4 Å². The molecule has 0 aliphatic carbocycles. The van der Waals surface area contributed by atoms with Crippen LogP contribution in [0.3, 0.4) is 0 Å². The van der Waals surface area contributed by atoms with Crippen LogP contribution in [0.15, 0.2) is 42.5 Å². The molecule has 1 saturated heterocycles. The Balaban J connectivity index is 1.69. The van der Waals surface area contributed by atoms with Crippen molar-refractivity contribution in [3.05, 3.63) is 64.4 Å². The molecule has 4 nitrogen and oxygen atoms in total. The van der Waals surface area contributed by atoms with Crippen LogP contribution in [0.1, 0.15) is 36.4 Å². The van der Waals surface area contributed by atoms with Gasteiger partial charge in [-0.3, -0.25) is 4.79 Å². The molecule has 150 valence electrons. The molecule has 0 unspecified atom stereocenters. The summed E-state index contributed by atoms with van der Waals surface area (Å²) in [5.41, 5.74) is 1.41. The summed E-state index contributed by atoms with van der Waals surface area (Å²) < 4.78 is 19.2. The zero-order chi connectivity index (χ0) is 19.9. The summed E-state index contributed by atoms with van der Waals surface area (Å²) in [5.74, 6) is 0.146. The number of halogens is 2. The molecule has 1 atom stereocenters. The molecule has 0 bridgehead atoms. The molecule has 1 amide bonds. The summed E-state index contributed by atoms with van der Waals surface area (Å²) >= 11 is 6.05. The maximum atomic E-state index is 14.0. The summed E-state index contributed by atoms with van der Waals surface area (Å²) in [5, 5.41) is 3.27. The maximum absolute atomic E-state index is 14.0. The number of carbonyl (C=O) groups is 1. The van der Waals surface area contributed by atoms with E-state index in [0.717, 1.165) is 18.8 Å². The number of piperidine rings is 1. The number of nitrogens with one attached hydrogen (secondary N) is 2. The van der Waals surface area contributed by atoms with Gasteiger partial charge in [-0.1, -0.05) is 17.7 Å². The van der Waals surface area contributed by atoms with Gasteiger partial charge in [-0.05, 0) is 55.7 Å². The summed E-state index contributed by atoms with van der Waals surface area (Å²) in [6.07, 6.45) is 3.59. The fourth-order valence-corrected chi connectivity index (χ4v) is 4.06. The standard InChI is InChI=1S/C22H26ClFN2O2/c1-28-17-10-8-16(9-11-17)21(26-12-3-2-4-13-26)15-25-22(27)14-18-19(23)6-5-7-20(18)24/h5-11,21H,2-4,12-15H2,1H3,(H,25,27)/p+1/t21-/m1/s1. The third-order valence-electron chi connectivity index (χ3n) is 5.41. The average molecular weight is 406 g/mol. The van der Waals surface area contributed by atoms with E-state index in [1.165, 1.54) is 35.8 Å². The minimum absolute atomic E-state index is 0.0594. The highest BCUT2D eigenvalue weighted by Crippen LogP contribution is 2.20. The Morgan fingerprint density at radius 1 is 1.18 bits per heavy atom. The van der Waals surface area contributed by atoms with Gasteiger partial charge < -0.3 is 15.0 Å². The molecule has 0 spiro atoms. The third kappa shape index (κ3) is 5.24. The highest BCUT2D eigenvalue weighted by atomic mass is 35.5. The molecule has 1 heterocycles. The van der Waals surface area contributed by atoms with Crippen LogP contribution in [0.25, 0.3) is 0 Å². The van der Waals surface area contributed by atoms with Crippen LogP contribution in [0.4, 0.5) is 4.39 Å². The fourth-order valence-electron chi connectivity index (χ4n) is 3.83. The predicted molar refractivity (Wildman–Crippen MR) is 108 cm³/mol. The topological polar surface area (TPSA) is 42.8 Å². The van der Waals surface area contributed by atoms with Crippen LogP contribution < -0.4 is 15.0 Å². The lowest BCUT2D eigenvalue weighted by Gasteiger charge is -2.32. The number of carbonyl (C=O) groups excluding carboxylic acids is 1. The maximum Gasteiger partial charge on any atom is 0.224 e. The summed E-state index contributed by atoms with van der Waals surface area (Å²) in [4.78, 5) is 13.9. The lowest BCUT2D eigenvalue weighted by atomic mass is 10.0. The molecule has 2 aromatic rings. The number of likely N-dealkylation sites (tertiary alicyclic amines) is 1. The smallest absolute Gasteiger partial charge is 0.224 e. The molecule has 0 aromatic heterocycles. The van der Waals surface area contributed by atoms with Crippen LogP contribution in [0.5, 0.6) is 5.75 Å². The van der Waals surface area contributed by atoms with Crippen molar-refractivity contribution >= 4 is 17.5 Å². The molecule has 1 fully saturated rings. The van der Waals surface area contributed by atoms with Crippen LogP contribution >= 0.6 is 11.6 Å². The van der Waals surface area contributed by atoms with Crippen molar-refractivity contribution in [3.63, 3.8) is 0 Å². The first-order valence-corrected chi connectivity index (χ1v) is 10.1. The lowest BCUT2D eigenvalue weighted by molar-refractivity contribution is -0.935. The van der Waals surface area contributed by atoms with Crippen molar-refractivity contribution in [2.45, 2.75) is 31.7 Å². The van der Waals surface area contributed by atoms with Crippen molar-refractivity contribution in [2.75, 3.05) is 26.7 Å². The molecule has 6 heteroatoms. The molecule has 2 aromatic carbocycles. The molecular weight excluding hydrogens is 379 g/mol. The summed E-state index contributed by atoms with van der Waals surface area (Å²) in [6, 6.07) is 12.7. The van der Waals surface area contributed by atoms with E-state index in [-0.39, 0.29) is 29.0 Å². The van der Waals surface area contributed by atoms with Gasteiger partial charge >= 0.3 is 0 Å². The van der Waals surface area contributed by atoms with Gasteiger partial charge in [0.05, 0.1) is 33.2 Å². The van der Waals surface area contributed by atoms with E-state index in [0.29, 0.717) is 6.54 Å². The number of ether oxygens (including phenoxy) is 1. The second-order valence-electron chi connectivity index (χ2n) is 7.23. The van der Waals surface area contributed by atoms with Gasteiger partial charge in [0.25, 0.3) is 0 Å². The number of hydrogen-bond donors (Lipinski definition) is 2. The molecule has 1 aliphatic rings. The first-order valence-electron chi connectivity index (χ1n) is 9.76. The quantitative estimate of drug-likeness (QED) is 0.743. The van der Waals surface area contributed by atoms with Crippen LogP contribution in [-0.4, -0.2) is 32.7 Å². The van der Waals surface area contributed by atoms with Gasteiger partial charge in [-0.2, -0.15) is 0 Å². The Morgan fingerprint density at radius 2 is 1.89 bits per heavy atom. The van der Waals surface area contributed by atoms with Gasteiger partial charge in [0.1, 0.15) is 17.6 Å². The largest absolute Gasteiger partial charge is 0.497 e. The van der Waals surface area contributed by atoms with Crippen molar-refractivity contribution in [2.24, 2.45) is 0 Å². The van der Waals surface area contributed by atoms with Crippen molar-refractivity contribution < 1.29 is 18.8 Å². The van der Waals surface area contributed by atoms with Gasteiger partial charge in [0.2, 0.25) is 5.91 Å². The number of hydrogen-bond acceptors (Lipinski definition) is 2. The zero-order valence-electron chi connectivity index (χ0n) is 16.1. The number of methoxy groups -OCH3 is 1. The van der Waals surface area contributed by atoms with E-state index in [1.54, 1.807) is 19.2 Å². The molecule has 0 saturated carbocycles. The Morgan fingerprint density at radius 3 is 2.54 bits per heavy atom. The lowest BCUT2D eigenvalue weighted by Crippen LogP contribution is -3.13. The second-order valence-corrected chi connectivity index (χ2v) is 7.63. The highest BCUT2D eigenvalue weighted by Gasteiger charge is 2.26. The number of benzene rings is 2. The minimum atomic E-state index is -0.448. The number of amides is 1. The van der Waals surface area contributed by atoms with E-state index in [4.69, 9.17) is 16.3 Å². The summed E-state index contributed by atoms with van der Waals surface area (Å²) in [7, 11) is 1.65. The Bertz CT molecular complexity index is 771. The van der Waals surface area contributed by atoms with Gasteiger partial charge in [-0.25, -0.2) is 4.39 Å². The highest BCUT2D eigenvalue weighted by molar-refractivity contribution is 6.31. The van der Waals surface area contributed by atoms with Gasteiger partial charge in [0, 0.05) is 16.1 Å². The molecule has 0 radical (unpaired) electrons. The number of quaternary nitrogens is 1. The Kier molecular flexibility index (Phi) is 7.29. The number of rotatable bonds is 7. The third-order valence-corrected chi connectivity index (χ3v) is 5.76. The zero-order valence-corrected chi connectivity index (χ0v) is 16.9. The van der Waals surface area contributed by atoms with Crippen LogP contribution in [0, 0.1) is 5.82 Å². The molecule has 3 rings (SSSR count). The average Bonchev–Trinajstić information content (AvgIpc) is 2.72. The minimum Gasteiger partial charge on any atom is -0.497 e. The predicted octanol–water partition coefficient (Wildman–Crippen LogP) is 2.96. The first kappa shape index (κ1) is 20.6. The fraction of sp³-hybridized carbons (Fsp3) is 0.409. The van der Waals surface area contributed by atoms with E-state index in [1.807, 2.05) is 12.1 Å². The van der Waals surface area contributed by atoms with Crippen LogP contribution in [-0.2, 0) is 11.2 Å². The summed E-state index contributed by atoms with van der Waals surface area (Å²) in [6.45, 7) is 2.68. The Labute approximate surface area is 170 Å². The molecule has 2 N–H and O–H groups in total. The van der Waals surface area contributed by atoms with Crippen molar-refractivity contribution in [1.29, 1.82) is 0 Å². The Hall–Kier alpha value is -2.11. The van der Waals surface area contributed by atoms with Crippen molar-refractivity contribution in [3.8, 4) is 5.75 Å². The molecular formula is C22H27ClFN2O2+. The van der Waals surface area contributed by atoms with Crippen molar-refractivity contribution in [1.82, 2.24) is 5.32 Å². The van der Waals surface area contributed by atoms with E-state index < -0.39 is 5.82 Å². The normalized spacial score (nSPS) is 15.8. The molecule has 28 heavy (non-hydrogen) atoms. The second kappa shape index (κ2) is 9.89. The van der Waals surface area contributed by atoms with E-state index in [9.17, 15) is 9.18 Å². The van der Waals surface area contributed by atoms with E-state index >= 15 is 0 Å². The monoisotopic (exact) mass is 405 g/mol. The van der Waals surface area contributed by atoms with Gasteiger partial charge in [-0.15, -0.1) is 0 Å². The first-order chi connectivity index (χ1) is 13.6. The molecule has 1 aliphatic heterocycles. The SMILES string of the molecule is COc1ccc([C@@H](CNC(=O)Cc2c(F)cccc2Cl)[NH+]2CCCCC2)cc1.